The van der Waals surface area contributed by atoms with Crippen LogP contribution in [0.1, 0.15) is 17.7 Å². The SMILES string of the molecule is O=C(NCc1cc(Br)cs1)N1CCC(C(=O)N2CCOCC2)CC1. The smallest absolute Gasteiger partial charge is 0.317 e. The van der Waals surface area contributed by atoms with Crippen LogP contribution in [0.25, 0.3) is 0 Å². The third-order valence-corrected chi connectivity index (χ3v) is 6.19. The van der Waals surface area contributed by atoms with Crippen molar-refractivity contribution in [2.45, 2.75) is 19.4 Å². The van der Waals surface area contributed by atoms with Gasteiger partial charge in [-0.1, -0.05) is 0 Å². The first-order valence-corrected chi connectivity index (χ1v) is 9.93. The lowest BCUT2D eigenvalue weighted by atomic mass is 9.95. The first kappa shape index (κ1) is 17.7. The number of urea groups is 1. The van der Waals surface area contributed by atoms with Gasteiger partial charge in [0.25, 0.3) is 0 Å². The second-order valence-corrected chi connectivity index (χ2v) is 8.00. The number of ether oxygens (including phenoxy) is 1. The molecule has 0 saturated carbocycles. The summed E-state index contributed by atoms with van der Waals surface area (Å²) in [6.07, 6.45) is 1.49. The summed E-state index contributed by atoms with van der Waals surface area (Å²) in [7, 11) is 0. The lowest BCUT2D eigenvalue weighted by molar-refractivity contribution is -0.141. The Labute approximate surface area is 154 Å². The van der Waals surface area contributed by atoms with Crippen molar-refractivity contribution in [1.29, 1.82) is 0 Å². The van der Waals surface area contributed by atoms with Crippen LogP contribution in [0.5, 0.6) is 0 Å². The van der Waals surface area contributed by atoms with Crippen molar-refractivity contribution in [3.8, 4) is 0 Å². The number of hydrogen-bond donors (Lipinski definition) is 1. The molecule has 3 heterocycles. The van der Waals surface area contributed by atoms with E-state index in [1.165, 1.54) is 0 Å². The highest BCUT2D eigenvalue weighted by Gasteiger charge is 2.30. The van der Waals surface area contributed by atoms with Crippen molar-refractivity contribution in [2.75, 3.05) is 39.4 Å². The average Bonchev–Trinajstić information content (AvgIpc) is 3.05. The summed E-state index contributed by atoms with van der Waals surface area (Å²) in [5.74, 6) is 0.266. The number of rotatable bonds is 3. The molecule has 2 fully saturated rings. The summed E-state index contributed by atoms with van der Waals surface area (Å²) in [6.45, 7) is 4.46. The fourth-order valence-corrected chi connectivity index (χ4v) is 4.48. The van der Waals surface area contributed by atoms with Gasteiger partial charge in [0.1, 0.15) is 0 Å². The molecule has 24 heavy (non-hydrogen) atoms. The summed E-state index contributed by atoms with van der Waals surface area (Å²) in [4.78, 5) is 29.6. The van der Waals surface area contributed by atoms with Crippen LogP contribution in [0.4, 0.5) is 4.79 Å². The first-order valence-electron chi connectivity index (χ1n) is 8.25. The normalized spacial score (nSPS) is 19.4. The fourth-order valence-electron chi connectivity index (χ4n) is 3.09. The molecule has 0 radical (unpaired) electrons. The molecule has 0 atom stereocenters. The van der Waals surface area contributed by atoms with Crippen LogP contribution in [-0.2, 0) is 16.1 Å². The monoisotopic (exact) mass is 415 g/mol. The van der Waals surface area contributed by atoms with Gasteiger partial charge in [-0.2, -0.15) is 0 Å². The van der Waals surface area contributed by atoms with Gasteiger partial charge in [0, 0.05) is 46.8 Å². The maximum atomic E-state index is 12.5. The van der Waals surface area contributed by atoms with Crippen LogP contribution in [0, 0.1) is 5.92 Å². The number of hydrogen-bond acceptors (Lipinski definition) is 4. The number of morpholine rings is 1. The van der Waals surface area contributed by atoms with Gasteiger partial charge in [-0.15, -0.1) is 11.3 Å². The predicted molar refractivity (Wildman–Crippen MR) is 96.0 cm³/mol. The number of nitrogens with zero attached hydrogens (tertiary/aromatic N) is 2. The molecule has 2 saturated heterocycles. The van der Waals surface area contributed by atoms with Crippen LogP contribution in [0.2, 0.25) is 0 Å². The largest absolute Gasteiger partial charge is 0.378 e. The van der Waals surface area contributed by atoms with Crippen LogP contribution < -0.4 is 5.32 Å². The minimum atomic E-state index is -0.0446. The Morgan fingerprint density at radius 1 is 1.21 bits per heavy atom. The second kappa shape index (κ2) is 8.31. The molecule has 0 unspecified atom stereocenters. The molecule has 2 aliphatic rings. The quantitative estimate of drug-likeness (QED) is 0.823. The van der Waals surface area contributed by atoms with Gasteiger partial charge in [-0.3, -0.25) is 4.79 Å². The number of piperidine rings is 1. The van der Waals surface area contributed by atoms with E-state index in [2.05, 4.69) is 21.2 Å². The van der Waals surface area contributed by atoms with Gasteiger partial charge in [-0.05, 0) is 34.8 Å². The number of thiophene rings is 1. The molecule has 3 amide bonds. The van der Waals surface area contributed by atoms with E-state index < -0.39 is 0 Å². The van der Waals surface area contributed by atoms with Crippen molar-refractivity contribution < 1.29 is 14.3 Å². The zero-order chi connectivity index (χ0) is 16.9. The van der Waals surface area contributed by atoms with Crippen molar-refractivity contribution in [3.05, 3.63) is 20.8 Å². The molecule has 8 heteroatoms. The van der Waals surface area contributed by atoms with Crippen molar-refractivity contribution >= 4 is 39.2 Å². The molecule has 2 aliphatic heterocycles. The number of nitrogens with one attached hydrogen (secondary N) is 1. The van der Waals surface area contributed by atoms with E-state index in [1.54, 1.807) is 11.3 Å². The van der Waals surface area contributed by atoms with E-state index in [-0.39, 0.29) is 17.9 Å². The lowest BCUT2D eigenvalue weighted by Crippen LogP contribution is -2.49. The molecule has 1 aromatic heterocycles. The second-order valence-electron chi connectivity index (χ2n) is 6.09. The molecule has 1 N–H and O–H groups in total. The van der Waals surface area contributed by atoms with Crippen LogP contribution >= 0.6 is 27.3 Å². The Hall–Kier alpha value is -1.12. The molecule has 0 aliphatic carbocycles. The molecule has 3 rings (SSSR count). The van der Waals surface area contributed by atoms with E-state index >= 15 is 0 Å². The summed E-state index contributed by atoms with van der Waals surface area (Å²) >= 11 is 5.03. The highest BCUT2D eigenvalue weighted by atomic mass is 79.9. The summed E-state index contributed by atoms with van der Waals surface area (Å²) < 4.78 is 6.33. The van der Waals surface area contributed by atoms with E-state index in [4.69, 9.17) is 4.74 Å². The van der Waals surface area contributed by atoms with Gasteiger partial charge < -0.3 is 19.9 Å². The average molecular weight is 416 g/mol. The summed E-state index contributed by atoms with van der Waals surface area (Å²) in [6, 6.07) is 1.97. The standard InChI is InChI=1S/C16H22BrN3O3S/c17-13-9-14(24-11-13)10-18-16(22)20-3-1-12(2-4-20)15(21)19-5-7-23-8-6-19/h9,11-12H,1-8,10H2,(H,18,22). The lowest BCUT2D eigenvalue weighted by Gasteiger charge is -2.35. The molecule has 0 aromatic carbocycles. The van der Waals surface area contributed by atoms with Gasteiger partial charge in [0.15, 0.2) is 0 Å². The topological polar surface area (TPSA) is 61.9 Å². The summed E-state index contributed by atoms with van der Waals surface area (Å²) in [5.41, 5.74) is 0. The van der Waals surface area contributed by atoms with Gasteiger partial charge >= 0.3 is 6.03 Å². The van der Waals surface area contributed by atoms with E-state index in [0.29, 0.717) is 45.9 Å². The van der Waals surface area contributed by atoms with Crippen LogP contribution in [-0.4, -0.2) is 61.1 Å². The molecule has 0 spiro atoms. The Bertz CT molecular complexity index is 581. The molecule has 1 aromatic rings. The molecule has 132 valence electrons. The molecule has 0 bridgehead atoms. The van der Waals surface area contributed by atoms with Gasteiger partial charge in [-0.25, -0.2) is 4.79 Å². The van der Waals surface area contributed by atoms with Crippen molar-refractivity contribution in [2.24, 2.45) is 5.92 Å². The third kappa shape index (κ3) is 4.49. The van der Waals surface area contributed by atoms with Crippen molar-refractivity contribution in [1.82, 2.24) is 15.1 Å². The van der Waals surface area contributed by atoms with E-state index in [0.717, 1.165) is 22.2 Å². The third-order valence-electron chi connectivity index (χ3n) is 4.49. The number of carbonyl (C=O) groups excluding carboxylic acids is 2. The maximum absolute atomic E-state index is 12.5. The van der Waals surface area contributed by atoms with Crippen molar-refractivity contribution in [3.63, 3.8) is 0 Å². The summed E-state index contributed by atoms with van der Waals surface area (Å²) in [5, 5.41) is 4.96. The Morgan fingerprint density at radius 3 is 2.54 bits per heavy atom. The van der Waals surface area contributed by atoms with Gasteiger partial charge in [0.2, 0.25) is 5.91 Å². The Kier molecular flexibility index (Phi) is 6.13. The van der Waals surface area contributed by atoms with Crippen LogP contribution in [0.15, 0.2) is 15.9 Å². The fraction of sp³-hybridized carbons (Fsp3) is 0.625. The van der Waals surface area contributed by atoms with Crippen LogP contribution in [0.3, 0.4) is 0 Å². The van der Waals surface area contributed by atoms with E-state index in [9.17, 15) is 9.59 Å². The first-order chi connectivity index (χ1) is 11.6. The Balaban J connectivity index is 1.42. The Morgan fingerprint density at radius 2 is 1.92 bits per heavy atom. The zero-order valence-electron chi connectivity index (χ0n) is 13.5. The minimum Gasteiger partial charge on any atom is -0.378 e. The highest BCUT2D eigenvalue weighted by molar-refractivity contribution is 9.10. The van der Waals surface area contributed by atoms with Gasteiger partial charge in [0.05, 0.1) is 19.8 Å². The number of halogens is 1. The maximum Gasteiger partial charge on any atom is 0.317 e. The number of likely N-dealkylation sites (tertiary alicyclic amines) is 1. The predicted octanol–water partition coefficient (Wildman–Crippen LogP) is 2.29. The molecule has 6 nitrogen and oxygen atoms in total. The minimum absolute atomic E-state index is 0.0420. The molecular formula is C16H22BrN3O3S. The van der Waals surface area contributed by atoms with E-state index in [1.807, 2.05) is 21.2 Å². The number of amides is 3. The highest BCUT2D eigenvalue weighted by Crippen LogP contribution is 2.21. The number of carbonyl (C=O) groups is 2. The molecular weight excluding hydrogens is 394 g/mol. The zero-order valence-corrected chi connectivity index (χ0v) is 15.9.